The number of fused-ring (bicyclic) bond motifs is 1. The molecule has 0 radical (unpaired) electrons. The normalized spacial score (nSPS) is 14.8. The van der Waals surface area contributed by atoms with Gasteiger partial charge in [0.1, 0.15) is 5.56 Å². The summed E-state index contributed by atoms with van der Waals surface area (Å²) in [5, 5.41) is 12.2. The lowest BCUT2D eigenvalue weighted by Gasteiger charge is -2.29. The van der Waals surface area contributed by atoms with E-state index in [0.717, 1.165) is 36.0 Å². The Labute approximate surface area is 174 Å². The number of carbonyl (C=O) groups excluding carboxylic acids is 1. The molecule has 0 aliphatic carbocycles. The van der Waals surface area contributed by atoms with Gasteiger partial charge in [0.05, 0.1) is 10.4 Å². The summed E-state index contributed by atoms with van der Waals surface area (Å²) in [7, 11) is 0. The molecule has 0 saturated carbocycles. The molecule has 2 heterocycles. The molecule has 0 atom stereocenters. The number of nitro groups is 1. The Morgan fingerprint density at radius 1 is 1.20 bits per heavy atom. The van der Waals surface area contributed by atoms with Crippen LogP contribution in [0.15, 0.2) is 54.7 Å². The van der Waals surface area contributed by atoms with Gasteiger partial charge in [-0.3, -0.25) is 24.5 Å². The first-order valence-electron chi connectivity index (χ1n) is 9.98. The van der Waals surface area contributed by atoms with Crippen molar-refractivity contribution in [3.05, 3.63) is 81.5 Å². The van der Waals surface area contributed by atoms with E-state index >= 15 is 0 Å². The van der Waals surface area contributed by atoms with E-state index in [1.54, 1.807) is 35.0 Å². The van der Waals surface area contributed by atoms with Crippen LogP contribution in [0.2, 0.25) is 0 Å². The van der Waals surface area contributed by atoms with Gasteiger partial charge in [0.25, 0.3) is 5.69 Å². The summed E-state index contributed by atoms with van der Waals surface area (Å²) >= 11 is 0. The smallest absolute Gasteiger partial charge is 0.280 e. The first-order valence-corrected chi connectivity index (χ1v) is 9.98. The molecule has 7 heteroatoms. The molecular weight excluding hydrogens is 380 g/mol. The molecule has 1 aromatic heterocycles. The number of nitro benzene ring substituents is 1. The van der Waals surface area contributed by atoms with Crippen LogP contribution in [0.25, 0.3) is 16.5 Å². The van der Waals surface area contributed by atoms with Gasteiger partial charge < -0.3 is 5.84 Å². The van der Waals surface area contributed by atoms with Crippen LogP contribution in [0.3, 0.4) is 0 Å². The fraction of sp³-hybridized carbons (Fsp3) is 0.261. The monoisotopic (exact) mass is 404 g/mol. The maximum Gasteiger partial charge on any atom is 0.280 e. The number of benzene rings is 2. The minimum absolute atomic E-state index is 0.0834. The fourth-order valence-electron chi connectivity index (χ4n) is 4.03. The predicted octanol–water partition coefficient (Wildman–Crippen LogP) is 3.99. The van der Waals surface area contributed by atoms with Crippen molar-refractivity contribution in [1.29, 1.82) is 0 Å². The molecule has 0 amide bonds. The zero-order valence-electron chi connectivity index (χ0n) is 17.0. The second-order valence-electron chi connectivity index (χ2n) is 7.85. The maximum atomic E-state index is 13.1. The largest absolute Gasteiger partial charge is 0.339 e. The molecule has 30 heavy (non-hydrogen) atoms. The second kappa shape index (κ2) is 7.76. The molecule has 0 spiro atoms. The number of rotatable bonds is 5. The van der Waals surface area contributed by atoms with E-state index in [9.17, 15) is 14.9 Å². The van der Waals surface area contributed by atoms with Crippen LogP contribution in [0.5, 0.6) is 0 Å². The van der Waals surface area contributed by atoms with Crippen molar-refractivity contribution in [2.45, 2.75) is 26.3 Å². The number of nitrogens with zero attached hydrogens (tertiary/aromatic N) is 3. The van der Waals surface area contributed by atoms with Gasteiger partial charge in [-0.2, -0.15) is 0 Å². The van der Waals surface area contributed by atoms with Crippen molar-refractivity contribution in [3.8, 4) is 0 Å². The molecule has 2 aromatic carbocycles. The Kier molecular flexibility index (Phi) is 5.13. The van der Waals surface area contributed by atoms with Crippen LogP contribution in [0.1, 0.15) is 41.8 Å². The van der Waals surface area contributed by atoms with Crippen molar-refractivity contribution in [2.75, 3.05) is 18.9 Å². The third kappa shape index (κ3) is 3.48. The molecule has 1 aliphatic heterocycles. The van der Waals surface area contributed by atoms with E-state index in [4.69, 9.17) is 5.84 Å². The molecule has 0 saturated heterocycles. The lowest BCUT2D eigenvalue weighted by atomic mass is 9.95. The highest BCUT2D eigenvalue weighted by Gasteiger charge is 2.23. The van der Waals surface area contributed by atoms with Gasteiger partial charge in [-0.25, -0.2) is 0 Å². The minimum Gasteiger partial charge on any atom is -0.339 e. The lowest BCUT2D eigenvalue weighted by molar-refractivity contribution is -0.385. The summed E-state index contributed by atoms with van der Waals surface area (Å²) in [6, 6.07) is 11.8. The van der Waals surface area contributed by atoms with Gasteiger partial charge in [-0.1, -0.05) is 18.2 Å². The SMILES string of the molecule is CC(C)N1CC=C(c2cn(N)c3ccc(C(=O)c4ccccc4[N+](=O)[O-])cc23)CC1. The summed E-state index contributed by atoms with van der Waals surface area (Å²) in [4.78, 5) is 26.3. The van der Waals surface area contributed by atoms with E-state index in [2.05, 4.69) is 24.8 Å². The Hall–Kier alpha value is -3.45. The number of aromatic nitrogens is 1. The molecule has 0 unspecified atom stereocenters. The van der Waals surface area contributed by atoms with Crippen LogP contribution in [0, 0.1) is 10.1 Å². The molecule has 1 aliphatic rings. The van der Waals surface area contributed by atoms with Crippen LogP contribution in [0.4, 0.5) is 5.69 Å². The number of carbonyl (C=O) groups is 1. The topological polar surface area (TPSA) is 94.4 Å². The van der Waals surface area contributed by atoms with Gasteiger partial charge in [-0.15, -0.1) is 0 Å². The zero-order valence-corrected chi connectivity index (χ0v) is 17.0. The maximum absolute atomic E-state index is 13.1. The van der Waals surface area contributed by atoms with Crippen LogP contribution >= 0.6 is 0 Å². The van der Waals surface area contributed by atoms with E-state index < -0.39 is 4.92 Å². The van der Waals surface area contributed by atoms with E-state index in [1.807, 2.05) is 6.20 Å². The number of para-hydroxylation sites is 1. The zero-order chi connectivity index (χ0) is 21.4. The molecule has 7 nitrogen and oxygen atoms in total. The predicted molar refractivity (Wildman–Crippen MR) is 118 cm³/mol. The first kappa shape index (κ1) is 19.8. The number of nitrogen functional groups attached to an aromatic ring is 1. The summed E-state index contributed by atoms with van der Waals surface area (Å²) in [6.07, 6.45) is 5.01. The van der Waals surface area contributed by atoms with Crippen molar-refractivity contribution in [1.82, 2.24) is 9.58 Å². The van der Waals surface area contributed by atoms with Crippen molar-refractivity contribution in [3.63, 3.8) is 0 Å². The molecule has 3 aromatic rings. The molecule has 2 N–H and O–H groups in total. The third-order valence-electron chi connectivity index (χ3n) is 5.76. The Morgan fingerprint density at radius 3 is 2.63 bits per heavy atom. The highest BCUT2D eigenvalue weighted by Crippen LogP contribution is 2.32. The third-order valence-corrected chi connectivity index (χ3v) is 5.76. The Morgan fingerprint density at radius 2 is 1.97 bits per heavy atom. The fourth-order valence-corrected chi connectivity index (χ4v) is 4.03. The number of hydrogen-bond acceptors (Lipinski definition) is 5. The van der Waals surface area contributed by atoms with Crippen molar-refractivity contribution < 1.29 is 9.72 Å². The van der Waals surface area contributed by atoms with Crippen molar-refractivity contribution >= 4 is 27.9 Å². The van der Waals surface area contributed by atoms with E-state index in [0.29, 0.717) is 11.6 Å². The van der Waals surface area contributed by atoms with Gasteiger partial charge in [0.2, 0.25) is 0 Å². The molecule has 0 bridgehead atoms. The summed E-state index contributed by atoms with van der Waals surface area (Å²) in [6.45, 7) is 6.21. The van der Waals surface area contributed by atoms with E-state index in [-0.39, 0.29) is 17.0 Å². The van der Waals surface area contributed by atoms with Crippen LogP contribution < -0.4 is 5.84 Å². The summed E-state index contributed by atoms with van der Waals surface area (Å²) in [5.74, 6) is 5.79. The molecule has 154 valence electrons. The number of ketones is 1. The van der Waals surface area contributed by atoms with Gasteiger partial charge in [-0.05, 0) is 50.1 Å². The number of hydrogen-bond donors (Lipinski definition) is 1. The van der Waals surface area contributed by atoms with Gasteiger partial charge in [0.15, 0.2) is 5.78 Å². The number of nitrogens with two attached hydrogens (primary N) is 1. The Bertz CT molecular complexity index is 1180. The average molecular weight is 404 g/mol. The highest BCUT2D eigenvalue weighted by atomic mass is 16.6. The lowest BCUT2D eigenvalue weighted by Crippen LogP contribution is -2.34. The standard InChI is InChI=1S/C23H24N4O3/c1-15(2)25-11-9-16(10-12-25)20-14-26(24)21-8-7-17(13-19(20)21)23(28)18-5-3-4-6-22(18)27(29)30/h3-9,13-15H,10-12,24H2,1-2H3. The summed E-state index contributed by atoms with van der Waals surface area (Å²) in [5.41, 5.74) is 3.33. The average Bonchev–Trinajstić information content (AvgIpc) is 3.09. The van der Waals surface area contributed by atoms with E-state index in [1.165, 1.54) is 17.7 Å². The van der Waals surface area contributed by atoms with Gasteiger partial charge in [0, 0.05) is 47.9 Å². The van der Waals surface area contributed by atoms with Crippen LogP contribution in [-0.4, -0.2) is 39.4 Å². The molecular formula is C23H24N4O3. The second-order valence-corrected chi connectivity index (χ2v) is 7.85. The quantitative estimate of drug-likeness (QED) is 0.300. The van der Waals surface area contributed by atoms with Gasteiger partial charge >= 0.3 is 0 Å². The van der Waals surface area contributed by atoms with Crippen molar-refractivity contribution in [2.24, 2.45) is 0 Å². The summed E-state index contributed by atoms with van der Waals surface area (Å²) < 4.78 is 1.57. The van der Waals surface area contributed by atoms with Crippen LogP contribution in [-0.2, 0) is 0 Å². The Balaban J connectivity index is 1.76. The minimum atomic E-state index is -0.527. The molecule has 0 fully saturated rings. The molecule has 4 rings (SSSR count). The first-order chi connectivity index (χ1) is 14.4. The highest BCUT2D eigenvalue weighted by molar-refractivity contribution is 6.13.